The molecule has 0 aliphatic rings. The Morgan fingerprint density at radius 3 is 1.38 bits per heavy atom. The summed E-state index contributed by atoms with van der Waals surface area (Å²) >= 11 is 0. The van der Waals surface area contributed by atoms with Crippen LogP contribution in [0.3, 0.4) is 0 Å². The van der Waals surface area contributed by atoms with Crippen LogP contribution in [0.2, 0.25) is 0 Å². The maximum Gasteiger partial charge on any atom is 0.438 e. The second-order valence-electron chi connectivity index (χ2n) is 3.70. The number of alkyl halides is 8. The van der Waals surface area contributed by atoms with E-state index in [4.69, 9.17) is 4.55 Å². The van der Waals surface area contributed by atoms with Crippen LogP contribution in [0.4, 0.5) is 35.1 Å². The summed E-state index contributed by atoms with van der Waals surface area (Å²) in [4.78, 5) is 0. The number of hydrogen-bond acceptors (Lipinski definition) is 3. The lowest BCUT2D eigenvalue weighted by Gasteiger charge is -2.34. The van der Waals surface area contributed by atoms with Gasteiger partial charge in [-0.15, -0.1) is 0 Å². The molecule has 4 nitrogen and oxygen atoms in total. The quantitative estimate of drug-likeness (QED) is 0.588. The molecule has 0 aliphatic heterocycles. The van der Waals surface area contributed by atoms with E-state index in [1.165, 1.54) is 0 Å². The molecule has 0 spiro atoms. The molecule has 0 fully saturated rings. The molecule has 0 amide bonds. The molecule has 0 saturated heterocycles. The maximum absolute atomic E-state index is 12.7. The summed E-state index contributed by atoms with van der Waals surface area (Å²) in [6.07, 6.45) is -1.95. The number of rotatable bonds is 5. The van der Waals surface area contributed by atoms with E-state index in [0.717, 1.165) is 0 Å². The third kappa shape index (κ3) is 3.94. The minimum absolute atomic E-state index is 0.301. The van der Waals surface area contributed by atoms with E-state index in [9.17, 15) is 43.5 Å². The highest BCUT2D eigenvalue weighted by molar-refractivity contribution is 7.87. The van der Waals surface area contributed by atoms with E-state index < -0.39 is 39.6 Å². The molecule has 130 valence electrons. The van der Waals surface area contributed by atoms with Crippen molar-refractivity contribution in [2.45, 2.75) is 36.4 Å². The van der Waals surface area contributed by atoms with E-state index in [2.05, 4.69) is 5.32 Å². The highest BCUT2D eigenvalue weighted by Crippen LogP contribution is 2.54. The zero-order valence-corrected chi connectivity index (χ0v) is 11.7. The Morgan fingerprint density at radius 1 is 0.905 bits per heavy atom. The van der Waals surface area contributed by atoms with Crippen LogP contribution in [0.1, 0.15) is 13.3 Å². The summed E-state index contributed by atoms with van der Waals surface area (Å²) in [5.41, 5.74) is 0. The van der Waals surface area contributed by atoms with Crippen molar-refractivity contribution in [2.75, 3.05) is 14.1 Å². The zero-order chi connectivity index (χ0) is 17.9. The Hall–Kier alpha value is -0.690. The molecule has 0 aromatic carbocycles. The van der Waals surface area contributed by atoms with E-state index in [-0.39, 0.29) is 0 Å². The topological polar surface area (TPSA) is 66.4 Å². The Kier molecular flexibility index (Phi) is 7.10. The summed E-state index contributed by atoms with van der Waals surface area (Å²) < 4.78 is 128. The van der Waals surface area contributed by atoms with Crippen LogP contribution < -0.4 is 5.32 Å². The molecule has 0 aromatic rings. The molecule has 0 radical (unpaired) electrons. The zero-order valence-electron chi connectivity index (χ0n) is 10.9. The minimum Gasteiger partial charge on any atom is -0.323 e. The molecule has 0 heterocycles. The molecule has 0 unspecified atom stereocenters. The summed E-state index contributed by atoms with van der Waals surface area (Å²) in [5.74, 6) is -19.3. The third-order valence-corrected chi connectivity index (χ3v) is 2.89. The van der Waals surface area contributed by atoms with Crippen molar-refractivity contribution in [3.63, 3.8) is 0 Å². The molecule has 0 aliphatic carbocycles. The second-order valence-corrected chi connectivity index (χ2v) is 5.16. The summed E-state index contributed by atoms with van der Waals surface area (Å²) in [6, 6.07) is 0. The van der Waals surface area contributed by atoms with Gasteiger partial charge in [0, 0.05) is 6.42 Å². The van der Waals surface area contributed by atoms with E-state index in [1.807, 2.05) is 14.1 Å². The summed E-state index contributed by atoms with van der Waals surface area (Å²) in [5, 5.41) is -4.01. The maximum atomic E-state index is 12.7. The highest BCUT2D eigenvalue weighted by atomic mass is 32.2. The van der Waals surface area contributed by atoms with Crippen molar-refractivity contribution in [2.24, 2.45) is 0 Å². The van der Waals surface area contributed by atoms with Crippen molar-refractivity contribution in [3.05, 3.63) is 0 Å². The Bertz CT molecular complexity index is 437. The largest absolute Gasteiger partial charge is 0.438 e. The molecule has 0 rings (SSSR count). The van der Waals surface area contributed by atoms with Gasteiger partial charge in [-0.2, -0.15) is 43.5 Å². The van der Waals surface area contributed by atoms with Crippen molar-refractivity contribution in [1.82, 2.24) is 5.32 Å². The molecule has 0 atom stereocenters. The van der Waals surface area contributed by atoms with E-state index >= 15 is 0 Å². The lowest BCUT2D eigenvalue weighted by Crippen LogP contribution is -2.64. The van der Waals surface area contributed by atoms with Gasteiger partial charge >= 0.3 is 33.1 Å². The predicted molar refractivity (Wildman–Crippen MR) is 56.6 cm³/mol. The summed E-state index contributed by atoms with van der Waals surface area (Å²) in [6.45, 7) is 0.301. The number of nitrogens with one attached hydrogen (secondary N) is 1. The average molecular weight is 355 g/mol. The fraction of sp³-hybridized carbons (Fsp3) is 1.00. The van der Waals surface area contributed by atoms with Gasteiger partial charge in [0.2, 0.25) is 0 Å². The molecular formula is C8H13F8NO3S. The van der Waals surface area contributed by atoms with Crippen LogP contribution in [0.5, 0.6) is 0 Å². The van der Waals surface area contributed by atoms with Crippen LogP contribution in [0.25, 0.3) is 0 Å². The Labute approximate surface area is 115 Å². The van der Waals surface area contributed by atoms with Gasteiger partial charge in [0.15, 0.2) is 0 Å². The first-order chi connectivity index (χ1) is 8.97. The molecule has 0 bridgehead atoms. The molecular weight excluding hydrogens is 342 g/mol. The van der Waals surface area contributed by atoms with Crippen LogP contribution in [-0.2, 0) is 10.1 Å². The Balaban J connectivity index is 0. The van der Waals surface area contributed by atoms with Crippen molar-refractivity contribution >= 4 is 10.1 Å². The molecule has 13 heteroatoms. The van der Waals surface area contributed by atoms with Gasteiger partial charge in [-0.25, -0.2) is 0 Å². The van der Waals surface area contributed by atoms with Crippen LogP contribution in [0, 0.1) is 0 Å². The normalized spacial score (nSPS) is 14.5. The first kappa shape index (κ1) is 22.6. The van der Waals surface area contributed by atoms with E-state index in [0.29, 0.717) is 6.92 Å². The van der Waals surface area contributed by atoms with Gasteiger partial charge in [0.1, 0.15) is 0 Å². The fourth-order valence-electron chi connectivity index (χ4n) is 0.796. The second kappa shape index (κ2) is 6.60. The minimum atomic E-state index is -7.01. The first-order valence-corrected chi connectivity index (χ1v) is 6.48. The SMILES string of the molecule is CCC(F)(F)C(F)(F)C(F)(F)C(F)(F)S(=O)(=O)O.CNC. The van der Waals surface area contributed by atoms with Gasteiger partial charge in [-0.3, -0.25) is 4.55 Å². The monoisotopic (exact) mass is 355 g/mol. The number of hydrogen-bond donors (Lipinski definition) is 2. The predicted octanol–water partition coefficient (Wildman–Crippen LogP) is 2.62. The standard InChI is InChI=1S/C6H6F8O3S.C2H7N/c1-2-3(7,8)4(9,10)5(11,12)6(13,14)18(15,16)17;1-3-2/h2H2,1H3,(H,15,16,17);3H,1-2H3. The van der Waals surface area contributed by atoms with Gasteiger partial charge in [0.05, 0.1) is 0 Å². The van der Waals surface area contributed by atoms with Crippen LogP contribution in [0.15, 0.2) is 0 Å². The van der Waals surface area contributed by atoms with Crippen molar-refractivity contribution in [1.29, 1.82) is 0 Å². The number of halogens is 8. The third-order valence-electron chi connectivity index (χ3n) is 1.99. The molecule has 21 heavy (non-hydrogen) atoms. The first-order valence-electron chi connectivity index (χ1n) is 5.04. The molecule has 0 saturated carbocycles. The molecule has 0 aromatic heterocycles. The fourth-order valence-corrected chi connectivity index (χ4v) is 1.25. The summed E-state index contributed by atoms with van der Waals surface area (Å²) in [7, 11) is -3.26. The molecule has 2 N–H and O–H groups in total. The Morgan fingerprint density at radius 2 is 1.19 bits per heavy atom. The van der Waals surface area contributed by atoms with Crippen LogP contribution in [-0.4, -0.2) is 50.1 Å². The van der Waals surface area contributed by atoms with Gasteiger partial charge in [0.25, 0.3) is 0 Å². The van der Waals surface area contributed by atoms with Gasteiger partial charge < -0.3 is 5.32 Å². The van der Waals surface area contributed by atoms with Gasteiger partial charge in [-0.1, -0.05) is 6.92 Å². The van der Waals surface area contributed by atoms with Gasteiger partial charge in [-0.05, 0) is 14.1 Å². The lowest BCUT2D eigenvalue weighted by atomic mass is 10.0. The van der Waals surface area contributed by atoms with Crippen LogP contribution >= 0.6 is 0 Å². The van der Waals surface area contributed by atoms with Crippen molar-refractivity contribution in [3.8, 4) is 0 Å². The lowest BCUT2D eigenvalue weighted by molar-refractivity contribution is -0.348. The van der Waals surface area contributed by atoms with E-state index in [1.54, 1.807) is 0 Å². The average Bonchev–Trinajstić information content (AvgIpc) is 2.27. The smallest absolute Gasteiger partial charge is 0.323 e. The highest BCUT2D eigenvalue weighted by Gasteiger charge is 2.83. The van der Waals surface area contributed by atoms with Crippen molar-refractivity contribution < 1.29 is 48.1 Å².